The summed E-state index contributed by atoms with van der Waals surface area (Å²) in [7, 11) is 0. The van der Waals surface area contributed by atoms with Crippen molar-refractivity contribution in [1.29, 1.82) is 0 Å². The fourth-order valence-corrected chi connectivity index (χ4v) is 4.90. The first-order valence-corrected chi connectivity index (χ1v) is 11.5. The van der Waals surface area contributed by atoms with E-state index in [9.17, 15) is 14.3 Å². The predicted octanol–water partition coefficient (Wildman–Crippen LogP) is 6.31. The van der Waals surface area contributed by atoms with Crippen molar-refractivity contribution in [3.63, 3.8) is 0 Å². The number of fused-ring (bicyclic) bond motifs is 2. The van der Waals surface area contributed by atoms with Gasteiger partial charge in [-0.1, -0.05) is 66.7 Å². The topological polar surface area (TPSA) is 58.6 Å². The highest BCUT2D eigenvalue weighted by molar-refractivity contribution is 5.88. The molecule has 34 heavy (non-hydrogen) atoms. The molecule has 3 unspecified atom stereocenters. The number of carbonyl (C=O) groups is 1. The minimum Gasteiger partial charge on any atom is -0.489 e. The Hall–Kier alpha value is -3.70. The summed E-state index contributed by atoms with van der Waals surface area (Å²) >= 11 is 0. The van der Waals surface area contributed by atoms with Crippen molar-refractivity contribution < 1.29 is 19.0 Å². The highest BCUT2D eigenvalue weighted by Gasteiger charge is 2.30. The van der Waals surface area contributed by atoms with Crippen LogP contribution in [0.15, 0.2) is 84.9 Å². The van der Waals surface area contributed by atoms with E-state index in [4.69, 9.17) is 4.74 Å². The number of halogens is 1. The molecule has 0 saturated heterocycles. The first-order valence-electron chi connectivity index (χ1n) is 11.5. The van der Waals surface area contributed by atoms with Crippen molar-refractivity contribution >= 4 is 16.7 Å². The van der Waals surface area contributed by atoms with E-state index in [2.05, 4.69) is 48.6 Å². The van der Waals surface area contributed by atoms with Gasteiger partial charge >= 0.3 is 5.97 Å². The zero-order valence-electron chi connectivity index (χ0n) is 18.9. The zero-order chi connectivity index (χ0) is 23.7. The van der Waals surface area contributed by atoms with Gasteiger partial charge in [0.25, 0.3) is 0 Å². The molecule has 1 aliphatic rings. The van der Waals surface area contributed by atoms with E-state index >= 15 is 0 Å². The average molecular weight is 456 g/mol. The Bertz CT molecular complexity index is 1350. The molecular weight excluding hydrogens is 429 g/mol. The molecule has 5 rings (SSSR count). The van der Waals surface area contributed by atoms with E-state index in [1.807, 2.05) is 30.3 Å². The molecule has 3 atom stereocenters. The van der Waals surface area contributed by atoms with Crippen LogP contribution >= 0.6 is 0 Å². The second-order valence-electron chi connectivity index (χ2n) is 8.81. The molecule has 0 fully saturated rings. The van der Waals surface area contributed by atoms with Crippen LogP contribution < -0.4 is 10.1 Å². The van der Waals surface area contributed by atoms with Crippen LogP contribution in [0.1, 0.15) is 52.4 Å². The minimum atomic E-state index is -1.26. The molecule has 4 nitrogen and oxygen atoms in total. The number of rotatable bonds is 6. The predicted molar refractivity (Wildman–Crippen MR) is 131 cm³/mol. The smallest absolute Gasteiger partial charge is 0.338 e. The van der Waals surface area contributed by atoms with Gasteiger partial charge in [-0.3, -0.25) is 0 Å². The van der Waals surface area contributed by atoms with Crippen LogP contribution in [-0.4, -0.2) is 23.7 Å². The summed E-state index contributed by atoms with van der Waals surface area (Å²) in [6.07, 6.45) is 0.553. The molecule has 4 aromatic carbocycles. The molecule has 1 aliphatic heterocycles. The summed E-state index contributed by atoms with van der Waals surface area (Å²) in [5.41, 5.74) is 2.66. The number of carboxylic acids is 1. The quantitative estimate of drug-likeness (QED) is 0.358. The van der Waals surface area contributed by atoms with E-state index in [0.29, 0.717) is 13.0 Å². The molecule has 0 amide bonds. The molecule has 1 heterocycles. The summed E-state index contributed by atoms with van der Waals surface area (Å²) in [6, 6.07) is 27.0. The average Bonchev–Trinajstić information content (AvgIpc) is 2.86. The summed E-state index contributed by atoms with van der Waals surface area (Å²) in [5.74, 6) is -1.28. The van der Waals surface area contributed by atoms with Gasteiger partial charge in [-0.15, -0.1) is 0 Å². The number of benzene rings is 4. The third kappa shape index (κ3) is 4.27. The standard InChI is InChI=1S/C29H26FNO3/c1-18(22-11-6-8-19-7-2-3-9-23(19)22)31-17-21-16-26(24-10-4-5-12-28(24)34-21)20-13-14-25(29(32)33)27(30)15-20/h2-15,18,21,26,31H,16-17H2,1H3,(H,32,33). The molecular formula is C29H26FNO3. The normalized spacial score (nSPS) is 18.2. The second-order valence-corrected chi connectivity index (χ2v) is 8.81. The van der Waals surface area contributed by atoms with E-state index in [0.717, 1.165) is 16.9 Å². The van der Waals surface area contributed by atoms with Crippen LogP contribution in [0, 0.1) is 5.82 Å². The highest BCUT2D eigenvalue weighted by Crippen LogP contribution is 2.40. The van der Waals surface area contributed by atoms with Gasteiger partial charge in [-0.05, 0) is 53.4 Å². The van der Waals surface area contributed by atoms with Gasteiger partial charge in [0.05, 0.1) is 5.56 Å². The Morgan fingerprint density at radius 1 is 1.06 bits per heavy atom. The largest absolute Gasteiger partial charge is 0.489 e. The van der Waals surface area contributed by atoms with Gasteiger partial charge in [-0.2, -0.15) is 0 Å². The Kier molecular flexibility index (Phi) is 6.03. The number of carboxylic acid groups (broad SMARTS) is 1. The highest BCUT2D eigenvalue weighted by atomic mass is 19.1. The van der Waals surface area contributed by atoms with Crippen LogP contribution in [0.3, 0.4) is 0 Å². The van der Waals surface area contributed by atoms with E-state index in [1.54, 1.807) is 6.07 Å². The number of hydrogen-bond acceptors (Lipinski definition) is 3. The van der Waals surface area contributed by atoms with Crippen molar-refractivity contribution in [3.05, 3.63) is 113 Å². The van der Waals surface area contributed by atoms with Gasteiger partial charge in [0.2, 0.25) is 0 Å². The molecule has 172 valence electrons. The maximum absolute atomic E-state index is 14.5. The van der Waals surface area contributed by atoms with Gasteiger partial charge in [-0.25, -0.2) is 9.18 Å². The van der Waals surface area contributed by atoms with Gasteiger partial charge in [0.15, 0.2) is 0 Å². The molecule has 2 N–H and O–H groups in total. The van der Waals surface area contributed by atoms with Crippen molar-refractivity contribution in [2.24, 2.45) is 0 Å². The maximum Gasteiger partial charge on any atom is 0.338 e. The van der Waals surface area contributed by atoms with Gasteiger partial charge in [0, 0.05) is 24.1 Å². The fourth-order valence-electron chi connectivity index (χ4n) is 4.90. The molecule has 0 aliphatic carbocycles. The monoisotopic (exact) mass is 455 g/mol. The number of hydrogen-bond donors (Lipinski definition) is 2. The molecule has 4 aromatic rings. The molecule has 0 saturated carbocycles. The van der Waals surface area contributed by atoms with Crippen LogP contribution in [-0.2, 0) is 0 Å². The molecule has 0 radical (unpaired) electrons. The van der Waals surface area contributed by atoms with E-state index in [1.165, 1.54) is 28.5 Å². The Morgan fingerprint density at radius 3 is 2.65 bits per heavy atom. The summed E-state index contributed by atoms with van der Waals surface area (Å²) in [5, 5.41) is 15.2. The molecule has 0 aromatic heterocycles. The fraction of sp³-hybridized carbons (Fsp3) is 0.207. The van der Waals surface area contributed by atoms with Crippen molar-refractivity contribution in [2.75, 3.05) is 6.54 Å². The van der Waals surface area contributed by atoms with Gasteiger partial charge in [0.1, 0.15) is 17.7 Å². The first-order chi connectivity index (χ1) is 16.5. The van der Waals surface area contributed by atoms with Crippen LogP contribution in [0.2, 0.25) is 0 Å². The van der Waals surface area contributed by atoms with Gasteiger partial charge < -0.3 is 15.2 Å². The lowest BCUT2D eigenvalue weighted by molar-refractivity contribution is 0.0691. The number of ether oxygens (including phenoxy) is 1. The SMILES string of the molecule is CC(NCC1CC(c2ccc(C(=O)O)c(F)c2)c2ccccc2O1)c1cccc2ccccc12. The number of aromatic carboxylic acids is 1. The lowest BCUT2D eigenvalue weighted by Crippen LogP contribution is -2.37. The maximum atomic E-state index is 14.5. The Labute approximate surface area is 198 Å². The third-order valence-electron chi connectivity index (χ3n) is 6.65. The third-order valence-corrected chi connectivity index (χ3v) is 6.65. The summed E-state index contributed by atoms with van der Waals surface area (Å²) in [6.45, 7) is 2.78. The van der Waals surface area contributed by atoms with Crippen molar-refractivity contribution in [1.82, 2.24) is 5.32 Å². The summed E-state index contributed by atoms with van der Waals surface area (Å²) in [4.78, 5) is 11.2. The minimum absolute atomic E-state index is 0.0815. The second kappa shape index (κ2) is 9.27. The number of nitrogens with one attached hydrogen (secondary N) is 1. The molecule has 0 bridgehead atoms. The van der Waals surface area contributed by atoms with E-state index in [-0.39, 0.29) is 23.6 Å². The zero-order valence-corrected chi connectivity index (χ0v) is 18.9. The first kappa shape index (κ1) is 22.1. The Balaban J connectivity index is 1.37. The summed E-state index contributed by atoms with van der Waals surface area (Å²) < 4.78 is 20.8. The van der Waals surface area contributed by atoms with E-state index < -0.39 is 11.8 Å². The van der Waals surface area contributed by atoms with Crippen LogP contribution in [0.4, 0.5) is 4.39 Å². The Morgan fingerprint density at radius 2 is 1.82 bits per heavy atom. The van der Waals surface area contributed by atoms with Crippen LogP contribution in [0.5, 0.6) is 5.75 Å². The lowest BCUT2D eigenvalue weighted by Gasteiger charge is -2.33. The molecule has 0 spiro atoms. The number of para-hydroxylation sites is 1. The van der Waals surface area contributed by atoms with Crippen molar-refractivity contribution in [2.45, 2.75) is 31.4 Å². The van der Waals surface area contributed by atoms with Crippen LogP contribution in [0.25, 0.3) is 10.8 Å². The van der Waals surface area contributed by atoms with Crippen molar-refractivity contribution in [3.8, 4) is 5.75 Å². The molecule has 5 heteroatoms. The lowest BCUT2D eigenvalue weighted by atomic mass is 9.83.